The fourth-order valence-corrected chi connectivity index (χ4v) is 4.09. The first-order valence-corrected chi connectivity index (χ1v) is 11.6. The quantitative estimate of drug-likeness (QED) is 0.188. The van der Waals surface area contributed by atoms with Crippen LogP contribution < -0.4 is 4.90 Å². The van der Waals surface area contributed by atoms with Gasteiger partial charge >= 0.3 is 0 Å². The summed E-state index contributed by atoms with van der Waals surface area (Å²) in [5.74, 6) is 1.09. The van der Waals surface area contributed by atoms with Crippen molar-refractivity contribution < 1.29 is 30.0 Å². The van der Waals surface area contributed by atoms with Gasteiger partial charge in [0.25, 0.3) is 0 Å². The lowest BCUT2D eigenvalue weighted by Crippen LogP contribution is -2.63. The Morgan fingerprint density at radius 1 is 0.935 bits per heavy atom. The normalized spacial score (nSPS) is 26.4. The van der Waals surface area contributed by atoms with Gasteiger partial charge in [-0.25, -0.2) is 0 Å². The summed E-state index contributed by atoms with van der Waals surface area (Å²) in [6.07, 6.45) is -3.59. The highest BCUT2D eigenvalue weighted by Crippen LogP contribution is 2.24. The molecule has 0 aromatic heterocycles. The van der Waals surface area contributed by atoms with Gasteiger partial charge in [-0.2, -0.15) is 5.06 Å². The Hall–Kier alpha value is -0.680. The molecule has 1 aliphatic heterocycles. The summed E-state index contributed by atoms with van der Waals surface area (Å²) >= 11 is 11.7. The van der Waals surface area contributed by atoms with Crippen LogP contribution in [-0.4, -0.2) is 101 Å². The molecule has 1 aromatic carbocycles. The zero-order valence-electron chi connectivity index (χ0n) is 17.8. The maximum Gasteiger partial charge on any atom is 0.162 e. The molecule has 1 unspecified atom stereocenters. The second-order valence-electron chi connectivity index (χ2n) is 7.53. The van der Waals surface area contributed by atoms with Crippen LogP contribution >= 0.6 is 23.2 Å². The minimum absolute atomic E-state index is 0.455. The minimum Gasteiger partial charge on any atom is -0.394 e. The number of aryl methyl sites for hydroxylation is 1. The third-order valence-corrected chi connectivity index (χ3v) is 5.83. The highest BCUT2D eigenvalue weighted by Gasteiger charge is 2.45. The number of aliphatic hydroxyl groups excluding tert-OH is 4. The van der Waals surface area contributed by atoms with Gasteiger partial charge in [0.1, 0.15) is 24.4 Å². The number of rotatable bonds is 13. The second kappa shape index (κ2) is 13.8. The van der Waals surface area contributed by atoms with E-state index in [-0.39, 0.29) is 0 Å². The van der Waals surface area contributed by atoms with E-state index in [1.165, 1.54) is 17.7 Å². The Labute approximate surface area is 193 Å². The molecular formula is C21H34Cl2N2O6. The van der Waals surface area contributed by atoms with Gasteiger partial charge in [0.05, 0.1) is 13.7 Å². The van der Waals surface area contributed by atoms with Crippen LogP contribution in [0.4, 0.5) is 5.69 Å². The highest BCUT2D eigenvalue weighted by atomic mass is 35.5. The summed E-state index contributed by atoms with van der Waals surface area (Å²) in [5, 5.41) is 40.9. The maximum atomic E-state index is 10.2. The van der Waals surface area contributed by atoms with Crippen LogP contribution in [0.1, 0.15) is 18.4 Å². The standard InChI is InChI=1S/C21H34Cl2N2O6/c1-30-25(21-20(29)19(28)18(27)17(14-26)31-21)11-3-2-4-15-5-7-16(8-6-15)24(12-9-22)13-10-23/h5-8,17-21,26-29H,2-4,9-14H2,1H3/t17-,18-,19+,20+,21?/m1/s1. The lowest BCUT2D eigenvalue weighted by atomic mass is 9.98. The van der Waals surface area contributed by atoms with Gasteiger partial charge in [-0.15, -0.1) is 23.2 Å². The molecule has 2 rings (SSSR count). The SMILES string of the molecule is CON(CCCCc1ccc(N(CCCl)CCCl)cc1)C1O[C@H](CO)[C@@H](O)[C@H](O)[C@@H]1O. The molecule has 0 amide bonds. The maximum absolute atomic E-state index is 10.2. The Morgan fingerprint density at radius 2 is 1.58 bits per heavy atom. The van der Waals surface area contributed by atoms with Crippen LogP contribution in [0, 0.1) is 0 Å². The summed E-state index contributed by atoms with van der Waals surface area (Å²) in [5.41, 5.74) is 2.30. The summed E-state index contributed by atoms with van der Waals surface area (Å²) in [7, 11) is 1.45. The molecule has 5 atom stereocenters. The van der Waals surface area contributed by atoms with E-state index >= 15 is 0 Å². The number of benzene rings is 1. The van der Waals surface area contributed by atoms with Gasteiger partial charge in [0, 0.05) is 37.1 Å². The number of alkyl halides is 2. The van der Waals surface area contributed by atoms with E-state index in [2.05, 4.69) is 29.2 Å². The second-order valence-corrected chi connectivity index (χ2v) is 8.29. The van der Waals surface area contributed by atoms with Gasteiger partial charge in [0.15, 0.2) is 6.23 Å². The molecular weight excluding hydrogens is 447 g/mol. The van der Waals surface area contributed by atoms with Crippen LogP contribution in [0.2, 0.25) is 0 Å². The first kappa shape index (κ1) is 26.6. The van der Waals surface area contributed by atoms with Crippen molar-refractivity contribution in [2.75, 3.05) is 50.0 Å². The fraction of sp³-hybridized carbons (Fsp3) is 0.714. The van der Waals surface area contributed by atoms with E-state index in [0.717, 1.165) is 38.0 Å². The van der Waals surface area contributed by atoms with Crippen LogP contribution in [0.5, 0.6) is 0 Å². The molecule has 8 nitrogen and oxygen atoms in total. The first-order chi connectivity index (χ1) is 15.0. The number of hydroxylamine groups is 2. The third kappa shape index (κ3) is 7.42. The largest absolute Gasteiger partial charge is 0.394 e. The molecule has 10 heteroatoms. The molecule has 4 N–H and O–H groups in total. The Morgan fingerprint density at radius 3 is 2.13 bits per heavy atom. The Bertz CT molecular complexity index is 618. The predicted molar refractivity (Wildman–Crippen MR) is 121 cm³/mol. The van der Waals surface area contributed by atoms with Gasteiger partial charge in [-0.3, -0.25) is 4.84 Å². The molecule has 178 valence electrons. The number of nitrogens with zero attached hydrogens (tertiary/aromatic N) is 2. The zero-order valence-corrected chi connectivity index (χ0v) is 19.3. The van der Waals surface area contributed by atoms with E-state index in [4.69, 9.17) is 32.8 Å². The van der Waals surface area contributed by atoms with Crippen molar-refractivity contribution in [3.05, 3.63) is 29.8 Å². The monoisotopic (exact) mass is 480 g/mol. The fourth-order valence-electron chi connectivity index (χ4n) is 3.69. The molecule has 1 aliphatic rings. The van der Waals surface area contributed by atoms with Crippen LogP contribution in [-0.2, 0) is 16.0 Å². The smallest absolute Gasteiger partial charge is 0.162 e. The van der Waals surface area contributed by atoms with Crippen molar-refractivity contribution in [1.82, 2.24) is 5.06 Å². The summed E-state index contributed by atoms with van der Waals surface area (Å²) in [6.45, 7) is 1.48. The molecule has 1 aromatic rings. The minimum atomic E-state index is -1.43. The van der Waals surface area contributed by atoms with E-state index in [1.807, 2.05) is 0 Å². The van der Waals surface area contributed by atoms with Crippen LogP contribution in [0.15, 0.2) is 24.3 Å². The number of ether oxygens (including phenoxy) is 1. The molecule has 1 saturated heterocycles. The van der Waals surface area contributed by atoms with Gasteiger partial charge in [-0.1, -0.05) is 12.1 Å². The van der Waals surface area contributed by atoms with E-state index in [0.29, 0.717) is 18.3 Å². The van der Waals surface area contributed by atoms with E-state index < -0.39 is 37.3 Å². The van der Waals surface area contributed by atoms with E-state index in [1.54, 1.807) is 0 Å². The first-order valence-electron chi connectivity index (χ1n) is 10.5. The molecule has 31 heavy (non-hydrogen) atoms. The molecule has 1 heterocycles. The van der Waals surface area contributed by atoms with Crippen molar-refractivity contribution in [1.29, 1.82) is 0 Å². The van der Waals surface area contributed by atoms with Crippen molar-refractivity contribution in [2.45, 2.75) is 49.9 Å². The third-order valence-electron chi connectivity index (χ3n) is 5.49. The van der Waals surface area contributed by atoms with Crippen molar-refractivity contribution in [3.8, 4) is 0 Å². The Kier molecular flexibility index (Phi) is 11.8. The summed E-state index contributed by atoms with van der Waals surface area (Å²) in [6, 6.07) is 8.33. The lowest BCUT2D eigenvalue weighted by Gasteiger charge is -2.43. The van der Waals surface area contributed by atoms with Crippen molar-refractivity contribution in [2.24, 2.45) is 0 Å². The van der Waals surface area contributed by atoms with Crippen molar-refractivity contribution in [3.63, 3.8) is 0 Å². The van der Waals surface area contributed by atoms with Crippen LogP contribution in [0.25, 0.3) is 0 Å². The average Bonchev–Trinajstić information content (AvgIpc) is 2.79. The molecule has 0 spiro atoms. The van der Waals surface area contributed by atoms with Gasteiger partial charge < -0.3 is 30.1 Å². The molecule has 0 radical (unpaired) electrons. The summed E-state index contributed by atoms with van der Waals surface area (Å²) < 4.78 is 5.54. The lowest BCUT2D eigenvalue weighted by molar-refractivity contribution is -0.328. The predicted octanol–water partition coefficient (Wildman–Crippen LogP) is 0.957. The number of anilines is 1. The number of halogens is 2. The van der Waals surface area contributed by atoms with Gasteiger partial charge in [0.2, 0.25) is 0 Å². The molecule has 0 bridgehead atoms. The Balaban J connectivity index is 1.84. The number of aliphatic hydroxyl groups is 4. The molecule has 1 fully saturated rings. The average molecular weight is 481 g/mol. The molecule has 0 aliphatic carbocycles. The number of unbranched alkanes of at least 4 members (excludes halogenated alkanes) is 1. The molecule has 0 saturated carbocycles. The van der Waals surface area contributed by atoms with Gasteiger partial charge in [-0.05, 0) is 37.0 Å². The number of hydrogen-bond acceptors (Lipinski definition) is 8. The van der Waals surface area contributed by atoms with E-state index in [9.17, 15) is 20.4 Å². The van der Waals surface area contributed by atoms with Crippen LogP contribution in [0.3, 0.4) is 0 Å². The zero-order chi connectivity index (χ0) is 22.8. The number of hydrogen-bond donors (Lipinski definition) is 4. The highest BCUT2D eigenvalue weighted by molar-refractivity contribution is 6.18. The summed E-state index contributed by atoms with van der Waals surface area (Å²) in [4.78, 5) is 7.48. The van der Waals surface area contributed by atoms with Crippen molar-refractivity contribution >= 4 is 28.9 Å². The topological polar surface area (TPSA) is 106 Å².